The van der Waals surface area contributed by atoms with Crippen LogP contribution in [0.5, 0.6) is 0 Å². The molecule has 1 rings (SSSR count). The average molecular weight is 211 g/mol. The van der Waals surface area contributed by atoms with Gasteiger partial charge in [0.25, 0.3) is 0 Å². The SMILES string of the molecule is CC(C)C(S)C(=O)Nc1cncnc1. The Kier molecular flexibility index (Phi) is 3.88. The predicted octanol–water partition coefficient (Wildman–Crippen LogP) is 1.37. The van der Waals surface area contributed by atoms with Crippen LogP contribution in [0, 0.1) is 5.92 Å². The number of rotatable bonds is 3. The van der Waals surface area contributed by atoms with Crippen LogP contribution in [0.4, 0.5) is 5.69 Å². The topological polar surface area (TPSA) is 54.9 Å². The number of amides is 1. The summed E-state index contributed by atoms with van der Waals surface area (Å²) < 4.78 is 0. The Bertz CT molecular complexity index is 302. The summed E-state index contributed by atoms with van der Waals surface area (Å²) in [5, 5.41) is 2.37. The van der Waals surface area contributed by atoms with E-state index < -0.39 is 0 Å². The molecule has 0 bridgehead atoms. The van der Waals surface area contributed by atoms with Gasteiger partial charge >= 0.3 is 0 Å². The Hall–Kier alpha value is -1.10. The molecule has 0 radical (unpaired) electrons. The van der Waals surface area contributed by atoms with Crippen molar-refractivity contribution in [1.82, 2.24) is 9.97 Å². The Morgan fingerprint density at radius 3 is 2.50 bits per heavy atom. The average Bonchev–Trinajstić information content (AvgIpc) is 2.18. The fourth-order valence-corrected chi connectivity index (χ4v) is 0.947. The molecule has 1 aromatic heterocycles. The van der Waals surface area contributed by atoms with Crippen molar-refractivity contribution in [2.45, 2.75) is 19.1 Å². The molecule has 0 aliphatic rings. The molecule has 4 nitrogen and oxygen atoms in total. The summed E-state index contributed by atoms with van der Waals surface area (Å²) in [6.45, 7) is 3.89. The van der Waals surface area contributed by atoms with E-state index >= 15 is 0 Å². The van der Waals surface area contributed by atoms with Crippen molar-refractivity contribution in [2.24, 2.45) is 5.92 Å². The van der Waals surface area contributed by atoms with Gasteiger partial charge in [0.05, 0.1) is 23.3 Å². The molecule has 1 atom stereocenters. The number of carbonyl (C=O) groups excluding carboxylic acids is 1. The molecule has 1 aromatic rings. The third-order valence-electron chi connectivity index (χ3n) is 1.73. The summed E-state index contributed by atoms with van der Waals surface area (Å²) in [5.74, 6) is 0.0705. The second-order valence-corrected chi connectivity index (χ2v) is 3.86. The molecule has 1 unspecified atom stereocenters. The van der Waals surface area contributed by atoms with Crippen molar-refractivity contribution in [3.8, 4) is 0 Å². The highest BCUT2D eigenvalue weighted by Gasteiger charge is 2.17. The van der Waals surface area contributed by atoms with E-state index in [1.165, 1.54) is 6.33 Å². The number of nitrogens with one attached hydrogen (secondary N) is 1. The van der Waals surface area contributed by atoms with Crippen LogP contribution in [0.3, 0.4) is 0 Å². The second-order valence-electron chi connectivity index (χ2n) is 3.31. The fourth-order valence-electron chi connectivity index (χ4n) is 0.883. The smallest absolute Gasteiger partial charge is 0.237 e. The lowest BCUT2D eigenvalue weighted by Crippen LogP contribution is -2.27. The maximum atomic E-state index is 11.5. The highest BCUT2D eigenvalue weighted by molar-refractivity contribution is 7.81. The summed E-state index contributed by atoms with van der Waals surface area (Å²) in [4.78, 5) is 19.1. The van der Waals surface area contributed by atoms with E-state index in [2.05, 4.69) is 27.9 Å². The standard InChI is InChI=1S/C9H13N3OS/c1-6(2)8(14)9(13)12-7-3-10-5-11-4-7/h3-6,8,14H,1-2H3,(H,12,13). The molecular weight excluding hydrogens is 198 g/mol. The first-order valence-corrected chi connectivity index (χ1v) is 4.87. The molecular formula is C9H13N3OS. The molecule has 0 aliphatic heterocycles. The minimum Gasteiger partial charge on any atom is -0.322 e. The van der Waals surface area contributed by atoms with Gasteiger partial charge in [0, 0.05) is 0 Å². The number of carbonyl (C=O) groups is 1. The molecule has 14 heavy (non-hydrogen) atoms. The van der Waals surface area contributed by atoms with Crippen LogP contribution in [0.25, 0.3) is 0 Å². The van der Waals surface area contributed by atoms with E-state index in [-0.39, 0.29) is 17.1 Å². The highest BCUT2D eigenvalue weighted by Crippen LogP contribution is 2.11. The van der Waals surface area contributed by atoms with Crippen molar-refractivity contribution in [2.75, 3.05) is 5.32 Å². The van der Waals surface area contributed by atoms with Gasteiger partial charge in [-0.15, -0.1) is 0 Å². The summed E-state index contributed by atoms with van der Waals surface area (Å²) in [5.41, 5.74) is 0.595. The van der Waals surface area contributed by atoms with E-state index in [0.29, 0.717) is 5.69 Å². The normalized spacial score (nSPS) is 12.6. The van der Waals surface area contributed by atoms with Gasteiger partial charge in [0.1, 0.15) is 6.33 Å². The summed E-state index contributed by atoms with van der Waals surface area (Å²) >= 11 is 4.20. The minimum atomic E-state index is -0.310. The molecule has 5 heteroatoms. The maximum Gasteiger partial charge on any atom is 0.237 e. The van der Waals surface area contributed by atoms with Gasteiger partial charge in [-0.25, -0.2) is 9.97 Å². The number of nitrogens with zero attached hydrogens (tertiary/aromatic N) is 2. The molecule has 1 heterocycles. The van der Waals surface area contributed by atoms with Crippen LogP contribution < -0.4 is 5.32 Å². The highest BCUT2D eigenvalue weighted by atomic mass is 32.1. The predicted molar refractivity (Wildman–Crippen MR) is 58.3 cm³/mol. The number of hydrogen-bond acceptors (Lipinski definition) is 4. The Morgan fingerprint density at radius 1 is 1.43 bits per heavy atom. The van der Waals surface area contributed by atoms with E-state index in [0.717, 1.165) is 0 Å². The maximum absolute atomic E-state index is 11.5. The van der Waals surface area contributed by atoms with Crippen molar-refractivity contribution < 1.29 is 4.79 Å². The lowest BCUT2D eigenvalue weighted by Gasteiger charge is -2.13. The van der Waals surface area contributed by atoms with Gasteiger partial charge in [-0.05, 0) is 5.92 Å². The minimum absolute atomic E-state index is 0.127. The van der Waals surface area contributed by atoms with E-state index in [9.17, 15) is 4.79 Å². The molecule has 0 saturated heterocycles. The van der Waals surface area contributed by atoms with Crippen LogP contribution in [-0.4, -0.2) is 21.1 Å². The zero-order valence-electron chi connectivity index (χ0n) is 8.14. The number of anilines is 1. The lowest BCUT2D eigenvalue weighted by atomic mass is 10.1. The monoisotopic (exact) mass is 211 g/mol. The fraction of sp³-hybridized carbons (Fsp3) is 0.444. The van der Waals surface area contributed by atoms with Gasteiger partial charge in [-0.1, -0.05) is 13.8 Å². The van der Waals surface area contributed by atoms with Crippen molar-refractivity contribution in [3.05, 3.63) is 18.7 Å². The van der Waals surface area contributed by atoms with E-state index in [4.69, 9.17) is 0 Å². The van der Waals surface area contributed by atoms with Gasteiger partial charge < -0.3 is 5.32 Å². The first-order valence-electron chi connectivity index (χ1n) is 4.35. The summed E-state index contributed by atoms with van der Waals surface area (Å²) in [6, 6.07) is 0. The lowest BCUT2D eigenvalue weighted by molar-refractivity contribution is -0.116. The van der Waals surface area contributed by atoms with E-state index in [1.54, 1.807) is 12.4 Å². The molecule has 0 aromatic carbocycles. The molecule has 1 amide bonds. The molecule has 0 spiro atoms. The Morgan fingerprint density at radius 2 is 2.00 bits per heavy atom. The molecule has 0 saturated carbocycles. The number of thiol groups is 1. The molecule has 0 fully saturated rings. The van der Waals surface area contributed by atoms with Gasteiger partial charge in [0.15, 0.2) is 0 Å². The Balaban J connectivity index is 2.58. The number of hydrogen-bond donors (Lipinski definition) is 2. The molecule has 1 N–H and O–H groups in total. The van der Waals surface area contributed by atoms with Crippen molar-refractivity contribution in [1.29, 1.82) is 0 Å². The first kappa shape index (κ1) is 11.0. The number of aromatic nitrogens is 2. The quantitative estimate of drug-likeness (QED) is 0.742. The first-order chi connectivity index (χ1) is 6.61. The van der Waals surface area contributed by atoms with Crippen LogP contribution in [-0.2, 0) is 4.79 Å². The van der Waals surface area contributed by atoms with Gasteiger partial charge in [0.2, 0.25) is 5.91 Å². The van der Waals surface area contributed by atoms with Crippen molar-refractivity contribution >= 4 is 24.2 Å². The summed E-state index contributed by atoms with van der Waals surface area (Å²) in [6.07, 6.45) is 4.51. The zero-order valence-corrected chi connectivity index (χ0v) is 9.03. The van der Waals surface area contributed by atoms with Crippen LogP contribution in [0.1, 0.15) is 13.8 Å². The van der Waals surface area contributed by atoms with Crippen LogP contribution in [0.15, 0.2) is 18.7 Å². The van der Waals surface area contributed by atoms with E-state index in [1.807, 2.05) is 13.8 Å². The molecule has 76 valence electrons. The third kappa shape index (κ3) is 2.99. The zero-order chi connectivity index (χ0) is 10.6. The summed E-state index contributed by atoms with van der Waals surface area (Å²) in [7, 11) is 0. The molecule has 0 aliphatic carbocycles. The third-order valence-corrected chi connectivity index (χ3v) is 2.56. The van der Waals surface area contributed by atoms with Gasteiger partial charge in [-0.2, -0.15) is 12.6 Å². The van der Waals surface area contributed by atoms with Crippen LogP contribution >= 0.6 is 12.6 Å². The second kappa shape index (κ2) is 4.95. The van der Waals surface area contributed by atoms with Crippen molar-refractivity contribution in [3.63, 3.8) is 0 Å². The largest absolute Gasteiger partial charge is 0.322 e. The Labute approximate surface area is 88.6 Å². The van der Waals surface area contributed by atoms with Gasteiger partial charge in [-0.3, -0.25) is 4.79 Å². The van der Waals surface area contributed by atoms with Crippen LogP contribution in [0.2, 0.25) is 0 Å².